The highest BCUT2D eigenvalue weighted by Crippen LogP contribution is 2.25. The molecule has 1 saturated heterocycles. The van der Waals surface area contributed by atoms with E-state index in [1.54, 1.807) is 6.08 Å². The predicted molar refractivity (Wildman–Crippen MR) is 125 cm³/mol. The van der Waals surface area contributed by atoms with Crippen LogP contribution in [0.15, 0.2) is 54.6 Å². The smallest absolute Gasteiger partial charge is 0.267 e. The van der Waals surface area contributed by atoms with E-state index in [0.29, 0.717) is 6.61 Å². The Kier molecular flexibility index (Phi) is 8.41. The largest absolute Gasteiger partial charge is 0.378 e. The number of benzene rings is 2. The van der Waals surface area contributed by atoms with Crippen molar-refractivity contribution in [1.82, 2.24) is 10.8 Å². The van der Waals surface area contributed by atoms with Crippen molar-refractivity contribution in [3.05, 3.63) is 71.3 Å². The third-order valence-electron chi connectivity index (χ3n) is 5.19. The Morgan fingerprint density at radius 1 is 1.12 bits per heavy atom. The first-order valence-electron chi connectivity index (χ1n) is 10.8. The summed E-state index contributed by atoms with van der Waals surface area (Å²) in [6.07, 6.45) is 5.55. The molecule has 1 aliphatic heterocycles. The first kappa shape index (κ1) is 23.5. The molecule has 0 aromatic heterocycles. The van der Waals surface area contributed by atoms with Gasteiger partial charge >= 0.3 is 0 Å². The van der Waals surface area contributed by atoms with E-state index in [1.807, 2.05) is 67.5 Å². The first-order chi connectivity index (χ1) is 15.4. The number of nitrogens with one attached hydrogen (secondary N) is 2. The van der Waals surface area contributed by atoms with E-state index in [4.69, 9.17) is 9.57 Å². The zero-order valence-electron chi connectivity index (χ0n) is 18.8. The van der Waals surface area contributed by atoms with Crippen molar-refractivity contribution in [3.8, 4) is 0 Å². The first-order valence-corrected chi connectivity index (χ1v) is 10.8. The van der Waals surface area contributed by atoms with Gasteiger partial charge in [0.2, 0.25) is 5.91 Å². The molecule has 170 valence electrons. The highest BCUT2D eigenvalue weighted by Gasteiger charge is 2.16. The van der Waals surface area contributed by atoms with Crippen molar-refractivity contribution in [1.29, 1.82) is 0 Å². The molecule has 2 unspecified atom stereocenters. The lowest BCUT2D eigenvalue weighted by Crippen LogP contribution is -2.32. The molecule has 2 aromatic carbocycles. The van der Waals surface area contributed by atoms with Crippen LogP contribution in [0.1, 0.15) is 48.9 Å². The normalized spacial score (nSPS) is 17.0. The molecule has 2 atom stereocenters. The number of hydrogen-bond donors (Lipinski definition) is 2. The van der Waals surface area contributed by atoms with Crippen LogP contribution in [0.3, 0.4) is 0 Å². The summed E-state index contributed by atoms with van der Waals surface area (Å²) in [5, 5.41) is 3.02. The van der Waals surface area contributed by atoms with Gasteiger partial charge in [-0.1, -0.05) is 30.3 Å². The van der Waals surface area contributed by atoms with Crippen LogP contribution in [0.25, 0.3) is 6.08 Å². The van der Waals surface area contributed by atoms with Gasteiger partial charge in [0.1, 0.15) is 0 Å². The second kappa shape index (κ2) is 11.5. The van der Waals surface area contributed by atoms with Crippen LogP contribution < -0.4 is 15.7 Å². The molecule has 0 aliphatic carbocycles. The highest BCUT2D eigenvalue weighted by molar-refractivity contribution is 5.91. The Balaban J connectivity index is 1.70. The molecule has 1 heterocycles. The molecule has 0 spiro atoms. The van der Waals surface area contributed by atoms with Crippen molar-refractivity contribution >= 4 is 23.6 Å². The lowest BCUT2D eigenvalue weighted by molar-refractivity contribution is -0.198. The number of hydroxylamine groups is 1. The number of ether oxygens (including phenoxy) is 1. The average molecular weight is 438 g/mol. The topological polar surface area (TPSA) is 79.9 Å². The minimum atomic E-state index is -0.387. The molecule has 0 bridgehead atoms. The average Bonchev–Trinajstić information content (AvgIpc) is 2.80. The van der Waals surface area contributed by atoms with Crippen LogP contribution in [0.2, 0.25) is 0 Å². The monoisotopic (exact) mass is 437 g/mol. The number of anilines is 1. The van der Waals surface area contributed by atoms with Crippen LogP contribution >= 0.6 is 0 Å². The van der Waals surface area contributed by atoms with Gasteiger partial charge in [-0.3, -0.25) is 9.59 Å². The zero-order chi connectivity index (χ0) is 22.9. The van der Waals surface area contributed by atoms with Gasteiger partial charge in [-0.25, -0.2) is 10.3 Å². The zero-order valence-corrected chi connectivity index (χ0v) is 18.8. The molecule has 0 saturated carbocycles. The lowest BCUT2D eigenvalue weighted by atomic mass is 9.96. The van der Waals surface area contributed by atoms with Gasteiger partial charge in [-0.15, -0.1) is 0 Å². The molecule has 7 nitrogen and oxygen atoms in total. The molecular weight excluding hydrogens is 406 g/mol. The standard InChI is InChI=1S/C25H31N3O4/c1-18(29)26-25(20-11-13-22(14-12-20)28(2)3)21-8-6-7-19(17-21)10-15-23(30)27-32-24-9-4-5-16-31-24/h6-8,10-15,17,24-25H,4-5,9,16H2,1-3H3,(H,26,29)(H,27,30)/b15-10+. The highest BCUT2D eigenvalue weighted by atomic mass is 16.8. The molecule has 3 rings (SSSR count). The lowest BCUT2D eigenvalue weighted by Gasteiger charge is -2.21. The molecule has 7 heteroatoms. The van der Waals surface area contributed by atoms with Crippen LogP contribution in [0.5, 0.6) is 0 Å². The van der Waals surface area contributed by atoms with Gasteiger partial charge in [-0.05, 0) is 53.8 Å². The fourth-order valence-corrected chi connectivity index (χ4v) is 3.50. The Labute approximate surface area is 189 Å². The minimum Gasteiger partial charge on any atom is -0.378 e. The number of rotatable bonds is 8. The fraction of sp³-hybridized carbons (Fsp3) is 0.360. The molecule has 1 fully saturated rings. The van der Waals surface area contributed by atoms with Crippen molar-refractivity contribution in [2.24, 2.45) is 0 Å². The maximum atomic E-state index is 12.1. The van der Waals surface area contributed by atoms with Gasteiger partial charge in [0.25, 0.3) is 5.91 Å². The second-order valence-corrected chi connectivity index (χ2v) is 8.00. The van der Waals surface area contributed by atoms with E-state index in [2.05, 4.69) is 10.8 Å². The fourth-order valence-electron chi connectivity index (χ4n) is 3.50. The van der Waals surface area contributed by atoms with Gasteiger partial charge in [0.05, 0.1) is 6.04 Å². The SMILES string of the molecule is CC(=O)NC(c1ccc(N(C)C)cc1)c1cccc(/C=C/C(=O)NOC2CCCCO2)c1. The Morgan fingerprint density at radius 2 is 1.91 bits per heavy atom. The predicted octanol–water partition coefficient (Wildman–Crippen LogP) is 3.57. The summed E-state index contributed by atoms with van der Waals surface area (Å²) in [5.41, 5.74) is 6.24. The third-order valence-corrected chi connectivity index (χ3v) is 5.19. The summed E-state index contributed by atoms with van der Waals surface area (Å²) >= 11 is 0. The van der Waals surface area contributed by atoms with Gasteiger partial charge in [0, 0.05) is 45.8 Å². The van der Waals surface area contributed by atoms with Crippen molar-refractivity contribution in [3.63, 3.8) is 0 Å². The molecular formula is C25H31N3O4. The summed E-state index contributed by atoms with van der Waals surface area (Å²) in [6.45, 7) is 2.15. The minimum absolute atomic E-state index is 0.117. The number of carbonyl (C=O) groups excluding carboxylic acids is 2. The van der Waals surface area contributed by atoms with Gasteiger partial charge < -0.3 is 15.0 Å². The van der Waals surface area contributed by atoms with Crippen molar-refractivity contribution < 1.29 is 19.2 Å². The summed E-state index contributed by atoms with van der Waals surface area (Å²) < 4.78 is 5.43. The Hall–Kier alpha value is -3.16. The summed E-state index contributed by atoms with van der Waals surface area (Å²) in [7, 11) is 3.97. The summed E-state index contributed by atoms with van der Waals surface area (Å²) in [5.74, 6) is -0.476. The maximum Gasteiger partial charge on any atom is 0.267 e. The summed E-state index contributed by atoms with van der Waals surface area (Å²) in [4.78, 5) is 31.3. The maximum absolute atomic E-state index is 12.1. The van der Waals surface area contributed by atoms with Gasteiger partial charge in [0.15, 0.2) is 6.29 Å². The second-order valence-electron chi connectivity index (χ2n) is 8.00. The quantitative estimate of drug-likeness (QED) is 0.488. The van der Waals surface area contributed by atoms with Crippen LogP contribution in [-0.4, -0.2) is 38.8 Å². The van der Waals surface area contributed by atoms with Crippen molar-refractivity contribution in [2.45, 2.75) is 38.5 Å². The molecule has 0 radical (unpaired) electrons. The van der Waals surface area contributed by atoms with E-state index >= 15 is 0 Å². The Bertz CT molecular complexity index is 934. The van der Waals surface area contributed by atoms with Crippen LogP contribution in [0.4, 0.5) is 5.69 Å². The summed E-state index contributed by atoms with van der Waals surface area (Å²) in [6, 6.07) is 15.5. The molecule has 2 N–H and O–H groups in total. The van der Waals surface area contributed by atoms with E-state index in [9.17, 15) is 9.59 Å². The van der Waals surface area contributed by atoms with E-state index in [1.165, 1.54) is 13.0 Å². The van der Waals surface area contributed by atoms with Crippen molar-refractivity contribution in [2.75, 3.05) is 25.6 Å². The molecule has 1 aliphatic rings. The number of amides is 2. The van der Waals surface area contributed by atoms with E-state index in [0.717, 1.165) is 41.6 Å². The van der Waals surface area contributed by atoms with E-state index < -0.39 is 0 Å². The Morgan fingerprint density at radius 3 is 2.56 bits per heavy atom. The number of nitrogens with zero attached hydrogens (tertiary/aromatic N) is 1. The number of hydrogen-bond acceptors (Lipinski definition) is 5. The van der Waals surface area contributed by atoms with Gasteiger partial charge in [-0.2, -0.15) is 0 Å². The van der Waals surface area contributed by atoms with Crippen LogP contribution in [-0.2, 0) is 19.2 Å². The van der Waals surface area contributed by atoms with E-state index in [-0.39, 0.29) is 24.1 Å². The third kappa shape index (κ3) is 6.93. The molecule has 32 heavy (non-hydrogen) atoms. The molecule has 2 aromatic rings. The van der Waals surface area contributed by atoms with Crippen LogP contribution in [0, 0.1) is 0 Å². The number of carbonyl (C=O) groups is 2. The molecule has 2 amide bonds.